The topological polar surface area (TPSA) is 108 Å². The molecule has 1 amide bonds. The van der Waals surface area contributed by atoms with Gasteiger partial charge in [-0.15, -0.1) is 0 Å². The highest BCUT2D eigenvalue weighted by atomic mass is 19.2. The molecule has 0 radical (unpaired) electrons. The molecule has 0 atom stereocenters. The maximum atomic E-state index is 13.8. The van der Waals surface area contributed by atoms with Gasteiger partial charge in [0.15, 0.2) is 17.5 Å². The van der Waals surface area contributed by atoms with Crippen molar-refractivity contribution < 1.29 is 18.3 Å². The van der Waals surface area contributed by atoms with Crippen molar-refractivity contribution >= 4 is 34.1 Å². The summed E-state index contributed by atoms with van der Waals surface area (Å²) in [7, 11) is 0. The molecule has 9 nitrogen and oxygen atoms in total. The number of halogens is 2. The minimum absolute atomic E-state index is 0.116. The number of H-pyrrole nitrogens is 1. The van der Waals surface area contributed by atoms with E-state index in [4.69, 9.17) is 11.2 Å². The molecule has 0 saturated heterocycles. The summed E-state index contributed by atoms with van der Waals surface area (Å²) in [5.41, 5.74) is 0.938. The van der Waals surface area contributed by atoms with Crippen LogP contribution in [-0.4, -0.2) is 50.7 Å². The van der Waals surface area contributed by atoms with E-state index in [1.807, 2.05) is 30.0 Å². The highest BCUT2D eigenvalue weighted by Crippen LogP contribution is 2.26. The van der Waals surface area contributed by atoms with Crippen molar-refractivity contribution in [2.75, 3.05) is 30.3 Å². The number of carbonyl (C=O) groups excluding carboxylic acids is 1. The van der Waals surface area contributed by atoms with E-state index in [1.165, 1.54) is 18.5 Å². The van der Waals surface area contributed by atoms with Gasteiger partial charge in [-0.1, -0.05) is 12.5 Å². The normalized spacial score (nSPS) is 10.7. The van der Waals surface area contributed by atoms with Crippen LogP contribution in [0.5, 0.6) is 5.75 Å². The molecular weight excluding hydrogens is 492 g/mol. The summed E-state index contributed by atoms with van der Waals surface area (Å²) in [6, 6.07) is 13.4. The number of amides is 1. The van der Waals surface area contributed by atoms with E-state index < -0.39 is 17.5 Å². The Kier molecular flexibility index (Phi) is 8.66. The Balaban J connectivity index is 1.34. The van der Waals surface area contributed by atoms with Crippen molar-refractivity contribution in [3.8, 4) is 18.2 Å². The number of aromatic nitrogens is 4. The molecule has 0 aliphatic heterocycles. The Morgan fingerprint density at radius 2 is 2.05 bits per heavy atom. The van der Waals surface area contributed by atoms with Gasteiger partial charge in [0.1, 0.15) is 17.9 Å². The molecule has 4 rings (SSSR count). The fraction of sp³-hybridized carbons (Fsp3) is 0.259. The second-order valence-corrected chi connectivity index (χ2v) is 8.40. The van der Waals surface area contributed by atoms with Gasteiger partial charge in [-0.05, 0) is 44.0 Å². The highest BCUT2D eigenvalue weighted by Gasteiger charge is 2.13. The van der Waals surface area contributed by atoms with Gasteiger partial charge in [0.25, 0.3) is 0 Å². The Morgan fingerprint density at radius 1 is 1.18 bits per heavy atom. The molecule has 0 aliphatic carbocycles. The molecular formula is C27H27F2N7O2. The van der Waals surface area contributed by atoms with Crippen LogP contribution in [0.25, 0.3) is 10.9 Å². The van der Waals surface area contributed by atoms with E-state index in [0.29, 0.717) is 35.2 Å². The zero-order chi connectivity index (χ0) is 26.9. The highest BCUT2D eigenvalue weighted by molar-refractivity contribution is 5.93. The lowest BCUT2D eigenvalue weighted by atomic mass is 10.2. The molecule has 11 heteroatoms. The number of hydrogen-bond donors (Lipinski definition) is 3. The van der Waals surface area contributed by atoms with Gasteiger partial charge < -0.3 is 20.3 Å². The van der Waals surface area contributed by atoms with Gasteiger partial charge in [-0.3, -0.25) is 9.89 Å². The predicted molar refractivity (Wildman–Crippen MR) is 141 cm³/mol. The molecule has 2 heterocycles. The number of hydrogen-bond acceptors (Lipinski definition) is 7. The molecule has 0 unspecified atom stereocenters. The third kappa shape index (κ3) is 6.73. The lowest BCUT2D eigenvalue weighted by molar-refractivity contribution is -0.115. The summed E-state index contributed by atoms with van der Waals surface area (Å²) in [4.78, 5) is 22.8. The van der Waals surface area contributed by atoms with E-state index in [9.17, 15) is 13.6 Å². The molecule has 0 fully saturated rings. The predicted octanol–water partition coefficient (Wildman–Crippen LogP) is 4.63. The number of rotatable bonds is 12. The second-order valence-electron chi connectivity index (χ2n) is 8.40. The van der Waals surface area contributed by atoms with Gasteiger partial charge >= 0.3 is 0 Å². The van der Waals surface area contributed by atoms with Crippen molar-refractivity contribution in [1.82, 2.24) is 25.1 Å². The van der Waals surface area contributed by atoms with E-state index in [-0.39, 0.29) is 12.1 Å². The lowest BCUT2D eigenvalue weighted by Gasteiger charge is -2.14. The minimum atomic E-state index is -1.11. The summed E-state index contributed by atoms with van der Waals surface area (Å²) in [5.74, 6) is -1.01. The second kappa shape index (κ2) is 12.5. The average Bonchev–Trinajstić information content (AvgIpc) is 3.35. The van der Waals surface area contributed by atoms with Crippen molar-refractivity contribution in [2.45, 2.75) is 26.2 Å². The summed E-state index contributed by atoms with van der Waals surface area (Å²) < 4.78 is 33.0. The van der Waals surface area contributed by atoms with Gasteiger partial charge in [0.2, 0.25) is 5.91 Å². The summed E-state index contributed by atoms with van der Waals surface area (Å²) >= 11 is 0. The van der Waals surface area contributed by atoms with Crippen LogP contribution in [0.4, 0.5) is 26.1 Å². The van der Waals surface area contributed by atoms with Crippen molar-refractivity contribution in [3.63, 3.8) is 0 Å². The van der Waals surface area contributed by atoms with Crippen LogP contribution in [0.3, 0.4) is 0 Å². The molecule has 4 aromatic rings. The smallest absolute Gasteiger partial charge is 0.230 e. The molecule has 0 bridgehead atoms. The Labute approximate surface area is 218 Å². The van der Waals surface area contributed by atoms with Gasteiger partial charge in [0.05, 0.1) is 24.2 Å². The number of benzene rings is 2. The van der Waals surface area contributed by atoms with E-state index in [2.05, 4.69) is 36.8 Å². The van der Waals surface area contributed by atoms with Crippen LogP contribution in [0.15, 0.2) is 48.8 Å². The Hall–Kier alpha value is -4.72. The molecule has 0 aliphatic rings. The number of anilines is 3. The maximum Gasteiger partial charge on any atom is 0.230 e. The van der Waals surface area contributed by atoms with Crippen LogP contribution in [0.1, 0.15) is 25.5 Å². The quantitative estimate of drug-likeness (QED) is 0.142. The fourth-order valence-corrected chi connectivity index (χ4v) is 3.74. The molecule has 0 spiro atoms. The minimum Gasteiger partial charge on any atom is -0.494 e. The van der Waals surface area contributed by atoms with Crippen molar-refractivity contribution in [1.29, 1.82) is 0 Å². The van der Waals surface area contributed by atoms with Crippen molar-refractivity contribution in [3.05, 3.63) is 66.1 Å². The first-order valence-electron chi connectivity index (χ1n) is 12.1. The number of nitrogens with zero attached hydrogens (tertiary/aromatic N) is 4. The maximum absolute atomic E-state index is 13.8. The Morgan fingerprint density at radius 3 is 2.87 bits per heavy atom. The van der Waals surface area contributed by atoms with E-state index in [1.54, 1.807) is 6.07 Å². The number of aromatic amines is 1. The van der Waals surface area contributed by atoms with Crippen LogP contribution >= 0.6 is 0 Å². The average molecular weight is 520 g/mol. The van der Waals surface area contributed by atoms with Gasteiger partial charge in [-0.25, -0.2) is 18.7 Å². The van der Waals surface area contributed by atoms with Crippen LogP contribution in [-0.2, 0) is 11.2 Å². The first-order chi connectivity index (χ1) is 18.5. The Bertz CT molecular complexity index is 1450. The molecule has 2 aromatic carbocycles. The number of unbranched alkanes of at least 4 members (excludes halogenated alkanes) is 1. The standard InChI is InChI=1S/C27H27F2N7O2/c1-3-36(4-2)12-5-6-13-38-19-10-11-20-23(16-19)30-17-31-27(20)33-24-14-18(34-35-24)15-25(37)32-22-9-7-8-21(28)26(22)29/h1,7-11,14,16-17H,4-6,12-13,15H2,2H3,(H,32,37)(H2,30,31,33,34,35). The third-order valence-electron chi connectivity index (χ3n) is 5.72. The summed E-state index contributed by atoms with van der Waals surface area (Å²) in [5, 5.41) is 13.1. The number of ether oxygens (including phenoxy) is 1. The van der Waals surface area contributed by atoms with Gasteiger partial charge in [0, 0.05) is 42.3 Å². The molecule has 38 heavy (non-hydrogen) atoms. The summed E-state index contributed by atoms with van der Waals surface area (Å²) in [6.45, 7) is 4.26. The molecule has 0 saturated carbocycles. The van der Waals surface area contributed by atoms with Gasteiger partial charge in [-0.2, -0.15) is 5.10 Å². The summed E-state index contributed by atoms with van der Waals surface area (Å²) in [6.07, 6.45) is 8.58. The number of fused-ring (bicyclic) bond motifs is 1. The van der Waals surface area contributed by atoms with E-state index in [0.717, 1.165) is 37.4 Å². The first kappa shape index (κ1) is 26.3. The first-order valence-corrected chi connectivity index (χ1v) is 12.1. The SMILES string of the molecule is C#CN(CC)CCCCOc1ccc2c(Nc3cc(CC(=O)Nc4cccc(F)c4F)[nH]n3)ncnc2c1. The van der Waals surface area contributed by atoms with Crippen LogP contribution in [0, 0.1) is 24.1 Å². The monoisotopic (exact) mass is 519 g/mol. The van der Waals surface area contributed by atoms with Crippen LogP contribution in [0.2, 0.25) is 0 Å². The fourth-order valence-electron chi connectivity index (χ4n) is 3.74. The third-order valence-corrected chi connectivity index (χ3v) is 5.72. The number of nitrogens with one attached hydrogen (secondary N) is 3. The lowest BCUT2D eigenvalue weighted by Crippen LogP contribution is -2.18. The van der Waals surface area contributed by atoms with E-state index >= 15 is 0 Å². The molecule has 3 N–H and O–H groups in total. The van der Waals surface area contributed by atoms with Crippen molar-refractivity contribution in [2.24, 2.45) is 0 Å². The number of terminal acetylenes is 1. The largest absolute Gasteiger partial charge is 0.494 e. The number of carbonyl (C=O) groups is 1. The van der Waals surface area contributed by atoms with Crippen LogP contribution < -0.4 is 15.4 Å². The zero-order valence-corrected chi connectivity index (χ0v) is 20.8. The molecule has 2 aromatic heterocycles. The zero-order valence-electron chi connectivity index (χ0n) is 20.8. The molecule has 196 valence electrons.